The molecule has 4 aliphatic carbocycles. The number of hydrogen-bond acceptors (Lipinski definition) is 9. The number of hydrogen-bond donors (Lipinski definition) is 0. The van der Waals surface area contributed by atoms with Gasteiger partial charge in [-0.05, 0) is 44.4 Å². The fourth-order valence-electron chi connectivity index (χ4n) is 9.41. The maximum absolute atomic E-state index is 14.6. The van der Waals surface area contributed by atoms with E-state index in [0.29, 0.717) is 12.8 Å². The molecule has 0 aromatic carbocycles. The molecule has 9 atom stereocenters. The third-order valence-corrected chi connectivity index (χ3v) is 10.3. The molecule has 38 heavy (non-hydrogen) atoms. The summed E-state index contributed by atoms with van der Waals surface area (Å²) < 4.78 is 31.1. The summed E-state index contributed by atoms with van der Waals surface area (Å²) in [6.45, 7) is 18.2. The van der Waals surface area contributed by atoms with Crippen molar-refractivity contribution in [3.8, 4) is 0 Å². The van der Waals surface area contributed by atoms with Crippen molar-refractivity contribution < 1.29 is 42.9 Å². The molecule has 9 nitrogen and oxygen atoms in total. The molecule has 1 saturated heterocycles. The smallest absolute Gasteiger partial charge is 0.302 e. The van der Waals surface area contributed by atoms with Gasteiger partial charge in [0.25, 0.3) is 0 Å². The Kier molecular flexibility index (Phi) is 5.84. The summed E-state index contributed by atoms with van der Waals surface area (Å²) in [7, 11) is 0. The van der Waals surface area contributed by atoms with Crippen LogP contribution in [0.4, 0.5) is 0 Å². The fourth-order valence-corrected chi connectivity index (χ4v) is 9.41. The molecular weight excluding hydrogens is 492 g/mol. The van der Waals surface area contributed by atoms with Gasteiger partial charge in [-0.1, -0.05) is 27.4 Å². The number of carbonyl (C=O) groups excluding carboxylic acids is 4. The second kappa shape index (κ2) is 8.13. The Morgan fingerprint density at radius 3 is 2.08 bits per heavy atom. The first-order chi connectivity index (χ1) is 17.4. The molecule has 0 aromatic heterocycles. The van der Waals surface area contributed by atoms with Crippen LogP contribution >= 0.6 is 0 Å². The van der Waals surface area contributed by atoms with Crippen molar-refractivity contribution in [1.29, 1.82) is 0 Å². The normalized spacial score (nSPS) is 45.9. The quantitative estimate of drug-likeness (QED) is 0.305. The van der Waals surface area contributed by atoms with Crippen LogP contribution in [0.15, 0.2) is 12.2 Å². The van der Waals surface area contributed by atoms with Crippen LogP contribution in [-0.4, -0.2) is 59.5 Å². The molecule has 1 heterocycles. The van der Waals surface area contributed by atoms with Gasteiger partial charge in [0.2, 0.25) is 0 Å². The Bertz CT molecular complexity index is 1120. The molecule has 2 bridgehead atoms. The standard InChI is InChI=1S/C29H40O9/c1-14-23(33)29-21(36-17(4)32)12-19-25(5,6)11-10-20(35-16(3)31)27(19,9)22(29)18(34-15(2)30)13-28(14)24(29)37-26(7,8)38-28/h18-22,24H,1,10-13H2,2-9H3/t18-,19+,20-,21-,22-,24+,27+,28-,29-/m1/s1. The van der Waals surface area contributed by atoms with Crippen molar-refractivity contribution in [3.63, 3.8) is 0 Å². The van der Waals surface area contributed by atoms with Crippen LogP contribution in [0.1, 0.15) is 81.1 Å². The monoisotopic (exact) mass is 532 g/mol. The SMILES string of the molecule is C=C1C(=O)[C@@]23[C@H]([C@H](OC(C)=O)C[C@@]14OC(C)(C)O[C@H]24)[C@]1(C)[C@H](OC(C)=O)CCC(C)(C)[C@@H]1C[C@H]3OC(C)=O. The van der Waals surface area contributed by atoms with E-state index in [1.165, 1.54) is 20.8 Å². The molecule has 0 aromatic rings. The zero-order valence-corrected chi connectivity index (χ0v) is 23.7. The van der Waals surface area contributed by atoms with Gasteiger partial charge in [0.05, 0.1) is 0 Å². The Balaban J connectivity index is 1.83. The van der Waals surface area contributed by atoms with Crippen molar-refractivity contribution in [3.05, 3.63) is 12.2 Å². The highest BCUT2D eigenvalue weighted by atomic mass is 16.8. The highest BCUT2D eigenvalue weighted by Gasteiger charge is 2.86. The van der Waals surface area contributed by atoms with Crippen molar-refractivity contribution >= 4 is 23.7 Å². The molecule has 1 aliphatic heterocycles. The lowest BCUT2D eigenvalue weighted by Gasteiger charge is -2.68. The first-order valence-electron chi connectivity index (χ1n) is 13.6. The molecule has 0 radical (unpaired) electrons. The fraction of sp³-hybridized carbons (Fsp3) is 0.793. The Morgan fingerprint density at radius 1 is 0.921 bits per heavy atom. The number of Topliss-reactive ketones (excluding diaryl/α,β-unsaturated/α-hetero) is 1. The molecule has 210 valence electrons. The Hall–Kier alpha value is -2.26. The Morgan fingerprint density at radius 2 is 1.50 bits per heavy atom. The van der Waals surface area contributed by atoms with Crippen molar-refractivity contribution in [2.75, 3.05) is 0 Å². The number of rotatable bonds is 3. The zero-order valence-electron chi connectivity index (χ0n) is 23.7. The van der Waals surface area contributed by atoms with Crippen LogP contribution in [0.5, 0.6) is 0 Å². The minimum Gasteiger partial charge on any atom is -0.462 e. The highest BCUT2D eigenvalue weighted by Crippen LogP contribution is 2.75. The van der Waals surface area contributed by atoms with Crippen LogP contribution < -0.4 is 0 Å². The minimum absolute atomic E-state index is 0.129. The second-order valence-electron chi connectivity index (χ2n) is 13.3. The summed E-state index contributed by atoms with van der Waals surface area (Å²) in [6, 6.07) is 0. The third kappa shape index (κ3) is 3.36. The molecule has 1 spiro atoms. The van der Waals surface area contributed by atoms with Gasteiger partial charge >= 0.3 is 17.9 Å². The average molecular weight is 533 g/mol. The second-order valence-corrected chi connectivity index (χ2v) is 13.3. The van der Waals surface area contributed by atoms with E-state index in [2.05, 4.69) is 20.4 Å². The van der Waals surface area contributed by atoms with Crippen LogP contribution in [-0.2, 0) is 42.9 Å². The van der Waals surface area contributed by atoms with E-state index in [1.54, 1.807) is 13.8 Å². The Labute approximate surface area is 223 Å². The first kappa shape index (κ1) is 27.3. The predicted molar refractivity (Wildman–Crippen MR) is 133 cm³/mol. The van der Waals surface area contributed by atoms with E-state index in [0.717, 1.165) is 6.42 Å². The lowest BCUT2D eigenvalue weighted by atomic mass is 9.38. The molecule has 5 fully saturated rings. The van der Waals surface area contributed by atoms with Crippen LogP contribution in [0.2, 0.25) is 0 Å². The largest absolute Gasteiger partial charge is 0.462 e. The van der Waals surface area contributed by atoms with Crippen LogP contribution in [0.3, 0.4) is 0 Å². The molecule has 0 unspecified atom stereocenters. The molecule has 5 aliphatic rings. The number of fused-ring (bicyclic) bond motifs is 2. The van der Waals surface area contributed by atoms with Gasteiger partial charge in [0, 0.05) is 44.1 Å². The van der Waals surface area contributed by atoms with Crippen LogP contribution in [0.25, 0.3) is 0 Å². The van der Waals surface area contributed by atoms with Crippen molar-refractivity contribution in [2.24, 2.45) is 28.1 Å². The maximum Gasteiger partial charge on any atom is 0.302 e. The third-order valence-electron chi connectivity index (χ3n) is 10.3. The van der Waals surface area contributed by atoms with E-state index in [1.807, 2.05) is 6.92 Å². The van der Waals surface area contributed by atoms with Gasteiger partial charge in [0.1, 0.15) is 35.4 Å². The van der Waals surface area contributed by atoms with E-state index < -0.39 is 70.5 Å². The molecule has 9 heteroatoms. The molecular formula is C29H40O9. The number of ketones is 1. The summed E-state index contributed by atoms with van der Waals surface area (Å²) in [5.41, 5.74) is -3.49. The zero-order chi connectivity index (χ0) is 28.2. The first-order valence-corrected chi connectivity index (χ1v) is 13.6. The van der Waals surface area contributed by atoms with Crippen LogP contribution in [0, 0.1) is 28.1 Å². The van der Waals surface area contributed by atoms with Crippen molar-refractivity contribution in [2.45, 2.75) is 117 Å². The lowest BCUT2D eigenvalue weighted by molar-refractivity contribution is -0.285. The number of esters is 3. The molecule has 0 amide bonds. The van der Waals surface area contributed by atoms with Gasteiger partial charge < -0.3 is 23.7 Å². The number of ether oxygens (including phenoxy) is 5. The molecule has 5 rings (SSSR count). The highest BCUT2D eigenvalue weighted by molar-refractivity contribution is 6.07. The van der Waals surface area contributed by atoms with Gasteiger partial charge in [-0.15, -0.1) is 0 Å². The van der Waals surface area contributed by atoms with Gasteiger partial charge in [-0.2, -0.15) is 0 Å². The van der Waals surface area contributed by atoms with Gasteiger partial charge in [0.15, 0.2) is 11.6 Å². The van der Waals surface area contributed by atoms with E-state index in [4.69, 9.17) is 23.7 Å². The average Bonchev–Trinajstić information content (AvgIpc) is 3.10. The topological polar surface area (TPSA) is 114 Å². The summed E-state index contributed by atoms with van der Waals surface area (Å²) >= 11 is 0. The molecule has 0 N–H and O–H groups in total. The van der Waals surface area contributed by atoms with Gasteiger partial charge in [-0.25, -0.2) is 0 Å². The summed E-state index contributed by atoms with van der Waals surface area (Å²) in [6.07, 6.45) is -1.12. The van der Waals surface area contributed by atoms with E-state index >= 15 is 0 Å². The minimum atomic E-state index is -1.44. The summed E-state index contributed by atoms with van der Waals surface area (Å²) in [5, 5.41) is 0. The summed E-state index contributed by atoms with van der Waals surface area (Å²) in [4.78, 5) is 52.0. The number of carbonyl (C=O) groups is 4. The van der Waals surface area contributed by atoms with E-state index in [9.17, 15) is 19.2 Å². The predicted octanol–water partition coefficient (Wildman–Crippen LogP) is 3.66. The van der Waals surface area contributed by atoms with Crippen molar-refractivity contribution in [1.82, 2.24) is 0 Å². The van der Waals surface area contributed by atoms with E-state index in [-0.39, 0.29) is 29.1 Å². The lowest BCUT2D eigenvalue weighted by Crippen LogP contribution is -2.75. The summed E-state index contributed by atoms with van der Waals surface area (Å²) in [5.74, 6) is -3.59. The maximum atomic E-state index is 14.6. The van der Waals surface area contributed by atoms with Gasteiger partial charge in [-0.3, -0.25) is 19.2 Å². The molecule has 4 saturated carbocycles.